The second kappa shape index (κ2) is 11.8. The Morgan fingerprint density at radius 1 is 1.02 bits per heavy atom. The highest BCUT2D eigenvalue weighted by Gasteiger charge is 2.36. The molecule has 1 atom stereocenters. The lowest BCUT2D eigenvalue weighted by molar-refractivity contribution is -0.123. The van der Waals surface area contributed by atoms with Crippen LogP contribution in [0.3, 0.4) is 0 Å². The number of hydrogen-bond donors (Lipinski definition) is 0. The maximum Gasteiger partial charge on any atom is 0.270 e. The first-order valence-electron chi connectivity index (χ1n) is 13.3. The topological polar surface area (TPSA) is 72.6 Å². The molecule has 2 aromatic carbocycles. The van der Waals surface area contributed by atoms with Crippen LogP contribution in [-0.2, 0) is 18.4 Å². The highest BCUT2D eigenvalue weighted by atomic mass is 32.2. The molecule has 204 valence electrons. The summed E-state index contributed by atoms with van der Waals surface area (Å²) in [7, 11) is 1.70. The molecule has 0 spiro atoms. The Bertz CT molecular complexity index is 1570. The number of rotatable bonds is 6. The van der Waals surface area contributed by atoms with Crippen molar-refractivity contribution in [3.63, 3.8) is 0 Å². The van der Waals surface area contributed by atoms with Gasteiger partial charge in [-0.2, -0.15) is 5.26 Å². The number of aromatic nitrogens is 1. The fourth-order valence-electron chi connectivity index (χ4n) is 5.38. The minimum atomic E-state index is -0.330. The largest absolute Gasteiger partial charge is 0.355 e. The average molecular weight is 570 g/mol. The second-order valence-corrected chi connectivity index (χ2v) is 11.8. The average Bonchev–Trinajstić information content (AvgIpc) is 3.25. The molecule has 3 aromatic rings. The van der Waals surface area contributed by atoms with Crippen molar-refractivity contribution in [3.8, 4) is 6.07 Å². The number of nitrogens with zero attached hydrogens (tertiary/aromatic N) is 5. The smallest absolute Gasteiger partial charge is 0.270 e. The van der Waals surface area contributed by atoms with E-state index in [1.165, 1.54) is 17.3 Å². The first kappa shape index (κ1) is 27.8. The van der Waals surface area contributed by atoms with Crippen LogP contribution >= 0.6 is 24.0 Å². The van der Waals surface area contributed by atoms with Crippen molar-refractivity contribution < 1.29 is 4.79 Å². The summed E-state index contributed by atoms with van der Waals surface area (Å²) in [5.41, 5.74) is 3.32. The van der Waals surface area contributed by atoms with Crippen molar-refractivity contribution >= 4 is 46.1 Å². The zero-order valence-corrected chi connectivity index (χ0v) is 24.5. The molecule has 1 unspecified atom stereocenters. The number of thioether (sulfide) groups is 1. The Labute approximate surface area is 244 Å². The van der Waals surface area contributed by atoms with Crippen LogP contribution in [0.1, 0.15) is 40.8 Å². The van der Waals surface area contributed by atoms with Crippen molar-refractivity contribution in [2.75, 3.05) is 31.1 Å². The van der Waals surface area contributed by atoms with Crippen LogP contribution in [0.15, 0.2) is 70.4 Å². The molecule has 1 aromatic heterocycles. The van der Waals surface area contributed by atoms with Crippen LogP contribution in [-0.4, -0.2) is 50.8 Å². The molecule has 5 rings (SSSR count). The molecular formula is C31H31N5O2S2. The summed E-state index contributed by atoms with van der Waals surface area (Å²) >= 11 is 6.90. The van der Waals surface area contributed by atoms with E-state index >= 15 is 0 Å². The zero-order chi connectivity index (χ0) is 28.4. The molecule has 7 nitrogen and oxygen atoms in total. The van der Waals surface area contributed by atoms with E-state index in [4.69, 9.17) is 12.2 Å². The molecule has 2 aliphatic heterocycles. The van der Waals surface area contributed by atoms with Crippen molar-refractivity contribution in [1.29, 1.82) is 5.26 Å². The molecule has 0 radical (unpaired) electrons. The van der Waals surface area contributed by atoms with E-state index < -0.39 is 0 Å². The molecule has 1 amide bonds. The fraction of sp³-hybridized carbons (Fsp3) is 0.290. The van der Waals surface area contributed by atoms with Gasteiger partial charge in [0, 0.05) is 45.3 Å². The molecule has 3 heterocycles. The number of benzene rings is 2. The Hall–Kier alpha value is -3.71. The first-order chi connectivity index (χ1) is 19.3. The quantitative estimate of drug-likeness (QED) is 0.310. The van der Waals surface area contributed by atoms with Crippen LogP contribution in [0.4, 0.5) is 5.82 Å². The summed E-state index contributed by atoms with van der Waals surface area (Å²) in [6.45, 7) is 7.73. The van der Waals surface area contributed by atoms with E-state index in [-0.39, 0.29) is 23.1 Å². The van der Waals surface area contributed by atoms with Crippen LogP contribution < -0.4 is 10.5 Å². The van der Waals surface area contributed by atoms with Gasteiger partial charge in [-0.25, -0.2) is 0 Å². The van der Waals surface area contributed by atoms with Gasteiger partial charge >= 0.3 is 0 Å². The van der Waals surface area contributed by atoms with E-state index in [2.05, 4.69) is 40.1 Å². The van der Waals surface area contributed by atoms with E-state index in [1.807, 2.05) is 49.4 Å². The number of carbonyl (C=O) groups excluding carboxylic acids is 1. The molecule has 2 fully saturated rings. The van der Waals surface area contributed by atoms with E-state index in [1.54, 1.807) is 23.4 Å². The third kappa shape index (κ3) is 5.35. The lowest BCUT2D eigenvalue weighted by atomic mass is 10.0. The number of carbonyl (C=O) groups is 1. The molecule has 40 heavy (non-hydrogen) atoms. The van der Waals surface area contributed by atoms with Gasteiger partial charge in [0.25, 0.3) is 11.5 Å². The Balaban J connectivity index is 1.47. The van der Waals surface area contributed by atoms with Gasteiger partial charge in [0.15, 0.2) is 0 Å². The maximum atomic E-state index is 13.7. The number of anilines is 1. The van der Waals surface area contributed by atoms with Crippen LogP contribution in [0.25, 0.3) is 6.08 Å². The summed E-state index contributed by atoms with van der Waals surface area (Å²) in [5.74, 6) is 0.555. The predicted octanol–water partition coefficient (Wildman–Crippen LogP) is 4.85. The van der Waals surface area contributed by atoms with Gasteiger partial charge in [-0.1, -0.05) is 84.6 Å². The summed E-state index contributed by atoms with van der Waals surface area (Å²) in [6, 6.07) is 22.1. The van der Waals surface area contributed by atoms with Crippen molar-refractivity contribution in [1.82, 2.24) is 14.4 Å². The standard InChI is InChI=1S/C31H31N5O2S2/c1-21-25(18-27-30(38)36(31(39)40-27)22(2)24-12-8-5-9-13-24)28(33(3)29(37)26(21)19-32)35-16-14-34(15-17-35)20-23-10-6-4-7-11-23/h4-13,18,22H,14-17,20H2,1-3H3/b27-18-. The number of nitriles is 1. The van der Waals surface area contributed by atoms with Gasteiger partial charge in [-0.05, 0) is 36.6 Å². The number of amides is 1. The highest BCUT2D eigenvalue weighted by Crippen LogP contribution is 2.39. The maximum absolute atomic E-state index is 13.7. The first-order valence-corrected chi connectivity index (χ1v) is 14.5. The van der Waals surface area contributed by atoms with Crippen molar-refractivity contribution in [3.05, 3.63) is 104 Å². The lowest BCUT2D eigenvalue weighted by Crippen LogP contribution is -2.48. The molecule has 9 heteroatoms. The van der Waals surface area contributed by atoms with E-state index in [0.717, 1.165) is 44.1 Å². The van der Waals surface area contributed by atoms with Gasteiger partial charge in [-0.15, -0.1) is 0 Å². The van der Waals surface area contributed by atoms with Gasteiger partial charge in [0.05, 0.1) is 10.9 Å². The Morgan fingerprint density at radius 2 is 1.65 bits per heavy atom. The second-order valence-electron chi connectivity index (χ2n) is 10.1. The molecular weight excluding hydrogens is 539 g/mol. The highest BCUT2D eigenvalue weighted by molar-refractivity contribution is 8.26. The van der Waals surface area contributed by atoms with Gasteiger partial charge in [-0.3, -0.25) is 24.0 Å². The molecule has 0 saturated carbocycles. The van der Waals surface area contributed by atoms with Crippen LogP contribution in [0.5, 0.6) is 0 Å². The van der Waals surface area contributed by atoms with Crippen LogP contribution in [0.2, 0.25) is 0 Å². The van der Waals surface area contributed by atoms with Crippen LogP contribution in [0, 0.1) is 18.3 Å². The molecule has 0 N–H and O–H groups in total. The number of thiocarbonyl (C=S) groups is 1. The SMILES string of the molecule is Cc1c(/C=C2\SC(=S)N(C(C)c3ccccc3)C2=O)c(N2CCN(Cc3ccccc3)CC2)n(C)c(=O)c1C#N. The third-order valence-corrected chi connectivity index (χ3v) is 8.99. The van der Waals surface area contributed by atoms with E-state index in [9.17, 15) is 14.9 Å². The number of hydrogen-bond acceptors (Lipinski definition) is 7. The molecule has 0 aliphatic carbocycles. The minimum Gasteiger partial charge on any atom is -0.355 e. The molecule has 2 saturated heterocycles. The number of pyridine rings is 1. The normalized spacial score (nSPS) is 17.9. The monoisotopic (exact) mass is 569 g/mol. The molecule has 0 bridgehead atoms. The predicted molar refractivity (Wildman–Crippen MR) is 165 cm³/mol. The summed E-state index contributed by atoms with van der Waals surface area (Å²) < 4.78 is 2.05. The Kier molecular flexibility index (Phi) is 8.22. The third-order valence-electron chi connectivity index (χ3n) is 7.66. The lowest BCUT2D eigenvalue weighted by Gasteiger charge is -2.37. The van der Waals surface area contributed by atoms with Gasteiger partial charge in [0.1, 0.15) is 21.8 Å². The van der Waals surface area contributed by atoms with E-state index in [0.29, 0.717) is 20.4 Å². The summed E-state index contributed by atoms with van der Waals surface area (Å²) in [4.78, 5) is 33.6. The summed E-state index contributed by atoms with van der Waals surface area (Å²) in [6.07, 6.45) is 1.82. The van der Waals surface area contributed by atoms with Crippen molar-refractivity contribution in [2.24, 2.45) is 7.05 Å². The van der Waals surface area contributed by atoms with Crippen molar-refractivity contribution in [2.45, 2.75) is 26.4 Å². The fourth-order valence-corrected chi connectivity index (χ4v) is 6.78. The van der Waals surface area contributed by atoms with Gasteiger partial charge in [0.2, 0.25) is 0 Å². The number of piperazine rings is 1. The molecule has 2 aliphatic rings. The summed E-state index contributed by atoms with van der Waals surface area (Å²) in [5, 5.41) is 9.81. The Morgan fingerprint density at radius 3 is 2.27 bits per heavy atom. The minimum absolute atomic E-state index is 0.0911. The zero-order valence-electron chi connectivity index (χ0n) is 22.8. The van der Waals surface area contributed by atoms with Gasteiger partial charge < -0.3 is 4.90 Å².